The van der Waals surface area contributed by atoms with Crippen molar-refractivity contribution in [3.63, 3.8) is 0 Å². The van der Waals surface area contributed by atoms with Crippen molar-refractivity contribution in [2.75, 3.05) is 18.4 Å². The van der Waals surface area contributed by atoms with Gasteiger partial charge in [-0.1, -0.05) is 18.2 Å². The molecule has 24 heavy (non-hydrogen) atoms. The van der Waals surface area contributed by atoms with Crippen LogP contribution in [-0.2, 0) is 6.18 Å². The van der Waals surface area contributed by atoms with Crippen LogP contribution in [-0.4, -0.2) is 19.0 Å². The Morgan fingerprint density at radius 1 is 1.08 bits per heavy atom. The summed E-state index contributed by atoms with van der Waals surface area (Å²) in [5, 5.41) is 14.0. The maximum Gasteiger partial charge on any atom is 0.418 e. The number of alkyl halides is 3. The first-order valence-electron chi connectivity index (χ1n) is 7.10. The Balaban J connectivity index is 1.95. The molecule has 0 radical (unpaired) electrons. The number of benzene rings is 2. The number of nitriles is 1. The monoisotopic (exact) mass is 333 g/mol. The normalized spacial score (nSPS) is 10.8. The summed E-state index contributed by atoms with van der Waals surface area (Å²) >= 11 is 0. The van der Waals surface area contributed by atoms with Gasteiger partial charge in [0, 0.05) is 24.3 Å². The van der Waals surface area contributed by atoms with Gasteiger partial charge in [0.1, 0.15) is 0 Å². The van der Waals surface area contributed by atoms with Gasteiger partial charge in [0.15, 0.2) is 0 Å². The number of nitrogens with one attached hydrogen (secondary N) is 2. The zero-order chi connectivity index (χ0) is 17.6. The lowest BCUT2D eigenvalue weighted by Gasteiger charge is -2.15. The predicted octanol–water partition coefficient (Wildman–Crippen LogP) is 3.42. The van der Waals surface area contributed by atoms with E-state index in [9.17, 15) is 18.0 Å². The van der Waals surface area contributed by atoms with Crippen LogP contribution in [0.2, 0.25) is 0 Å². The van der Waals surface area contributed by atoms with Crippen molar-refractivity contribution in [2.45, 2.75) is 6.18 Å². The number of hydrogen-bond acceptors (Lipinski definition) is 3. The van der Waals surface area contributed by atoms with Gasteiger partial charge in [-0.3, -0.25) is 4.79 Å². The third-order valence-electron chi connectivity index (χ3n) is 3.22. The number of rotatable bonds is 5. The highest BCUT2D eigenvalue weighted by molar-refractivity contribution is 5.94. The molecule has 0 spiro atoms. The Morgan fingerprint density at radius 2 is 1.79 bits per heavy atom. The SMILES string of the molecule is N#Cc1ccc(NCCNC(=O)c2ccccc2)c(C(F)(F)F)c1. The Labute approximate surface area is 136 Å². The first-order valence-corrected chi connectivity index (χ1v) is 7.10. The van der Waals surface area contributed by atoms with Gasteiger partial charge < -0.3 is 10.6 Å². The van der Waals surface area contributed by atoms with Crippen molar-refractivity contribution in [2.24, 2.45) is 0 Å². The molecule has 0 saturated carbocycles. The Morgan fingerprint density at radius 3 is 2.42 bits per heavy atom. The molecular formula is C17H14F3N3O. The van der Waals surface area contributed by atoms with Gasteiger partial charge in [-0.05, 0) is 30.3 Å². The van der Waals surface area contributed by atoms with Crippen LogP contribution in [0.1, 0.15) is 21.5 Å². The van der Waals surface area contributed by atoms with Gasteiger partial charge in [-0.2, -0.15) is 18.4 Å². The molecule has 0 aliphatic carbocycles. The highest BCUT2D eigenvalue weighted by atomic mass is 19.4. The molecule has 2 N–H and O–H groups in total. The fourth-order valence-corrected chi connectivity index (χ4v) is 2.07. The molecule has 0 saturated heterocycles. The van der Waals surface area contributed by atoms with Crippen LogP contribution in [0, 0.1) is 11.3 Å². The molecule has 2 aromatic rings. The van der Waals surface area contributed by atoms with Gasteiger partial charge in [-0.25, -0.2) is 0 Å². The molecule has 0 atom stereocenters. The first kappa shape index (κ1) is 17.3. The minimum absolute atomic E-state index is 0.0646. The van der Waals surface area contributed by atoms with Crippen molar-refractivity contribution < 1.29 is 18.0 Å². The molecule has 4 nitrogen and oxygen atoms in total. The second-order valence-corrected chi connectivity index (χ2v) is 4.92. The zero-order valence-electron chi connectivity index (χ0n) is 12.5. The van der Waals surface area contributed by atoms with E-state index in [1.807, 2.05) is 0 Å². The molecular weight excluding hydrogens is 319 g/mol. The van der Waals surface area contributed by atoms with E-state index in [1.54, 1.807) is 36.4 Å². The quantitative estimate of drug-likeness (QED) is 0.824. The summed E-state index contributed by atoms with van der Waals surface area (Å²) < 4.78 is 39.0. The summed E-state index contributed by atoms with van der Waals surface area (Å²) in [6, 6.07) is 13.5. The van der Waals surface area contributed by atoms with Crippen molar-refractivity contribution in [3.05, 3.63) is 65.2 Å². The summed E-state index contributed by atoms with van der Waals surface area (Å²) in [6.07, 6.45) is -4.57. The van der Waals surface area contributed by atoms with Gasteiger partial charge >= 0.3 is 6.18 Å². The van der Waals surface area contributed by atoms with Crippen molar-refractivity contribution in [3.8, 4) is 6.07 Å². The maximum atomic E-state index is 13.0. The van der Waals surface area contributed by atoms with Gasteiger partial charge in [0.2, 0.25) is 0 Å². The molecule has 0 fully saturated rings. The number of halogens is 3. The molecule has 0 aromatic heterocycles. The lowest BCUT2D eigenvalue weighted by Crippen LogP contribution is -2.29. The number of nitrogens with zero attached hydrogens (tertiary/aromatic N) is 1. The lowest BCUT2D eigenvalue weighted by atomic mass is 10.1. The second-order valence-electron chi connectivity index (χ2n) is 4.92. The van der Waals surface area contributed by atoms with E-state index in [0.29, 0.717) is 5.56 Å². The van der Waals surface area contributed by atoms with Crippen molar-refractivity contribution in [1.82, 2.24) is 5.32 Å². The molecule has 0 aliphatic heterocycles. The molecule has 7 heteroatoms. The Bertz CT molecular complexity index is 752. The largest absolute Gasteiger partial charge is 0.418 e. The van der Waals surface area contributed by atoms with Crippen LogP contribution >= 0.6 is 0 Å². The van der Waals surface area contributed by atoms with E-state index in [4.69, 9.17) is 5.26 Å². The molecule has 0 unspecified atom stereocenters. The number of anilines is 1. The highest BCUT2D eigenvalue weighted by Crippen LogP contribution is 2.35. The maximum absolute atomic E-state index is 13.0. The van der Waals surface area contributed by atoms with Crippen molar-refractivity contribution >= 4 is 11.6 Å². The predicted molar refractivity (Wildman–Crippen MR) is 83.4 cm³/mol. The van der Waals surface area contributed by atoms with E-state index >= 15 is 0 Å². The molecule has 0 heterocycles. The van der Waals surface area contributed by atoms with E-state index in [2.05, 4.69) is 10.6 Å². The number of carbonyl (C=O) groups is 1. The van der Waals surface area contributed by atoms with Gasteiger partial charge in [0.25, 0.3) is 5.91 Å². The third kappa shape index (κ3) is 4.49. The minimum atomic E-state index is -4.57. The van der Waals surface area contributed by atoms with E-state index in [1.165, 1.54) is 12.1 Å². The molecule has 0 bridgehead atoms. The van der Waals surface area contributed by atoms with Crippen LogP contribution in [0.25, 0.3) is 0 Å². The van der Waals surface area contributed by atoms with Crippen LogP contribution in [0.5, 0.6) is 0 Å². The molecule has 0 aliphatic rings. The molecule has 2 rings (SSSR count). The summed E-state index contributed by atoms with van der Waals surface area (Å²) in [7, 11) is 0. The van der Waals surface area contributed by atoms with Crippen molar-refractivity contribution in [1.29, 1.82) is 5.26 Å². The summed E-state index contributed by atoms with van der Waals surface area (Å²) in [5.74, 6) is -0.298. The Hall–Kier alpha value is -3.01. The summed E-state index contributed by atoms with van der Waals surface area (Å²) in [5.41, 5.74) is -0.622. The van der Waals surface area contributed by atoms with Gasteiger partial charge in [0.05, 0.1) is 17.2 Å². The van der Waals surface area contributed by atoms with Crippen LogP contribution in [0.15, 0.2) is 48.5 Å². The smallest absolute Gasteiger partial charge is 0.383 e. The summed E-state index contributed by atoms with van der Waals surface area (Å²) in [4.78, 5) is 11.8. The average Bonchev–Trinajstić information content (AvgIpc) is 2.58. The van der Waals surface area contributed by atoms with Crippen LogP contribution in [0.4, 0.5) is 18.9 Å². The first-order chi connectivity index (χ1) is 11.4. The molecule has 124 valence electrons. The topological polar surface area (TPSA) is 64.9 Å². The fourth-order valence-electron chi connectivity index (χ4n) is 2.07. The minimum Gasteiger partial charge on any atom is -0.383 e. The second kappa shape index (κ2) is 7.51. The van der Waals surface area contributed by atoms with Gasteiger partial charge in [-0.15, -0.1) is 0 Å². The third-order valence-corrected chi connectivity index (χ3v) is 3.22. The average molecular weight is 333 g/mol. The number of hydrogen-bond donors (Lipinski definition) is 2. The van der Waals surface area contributed by atoms with Crippen LogP contribution in [0.3, 0.4) is 0 Å². The van der Waals surface area contributed by atoms with Crippen LogP contribution < -0.4 is 10.6 Å². The number of carbonyl (C=O) groups excluding carboxylic acids is 1. The zero-order valence-corrected chi connectivity index (χ0v) is 12.5. The Kier molecular flexibility index (Phi) is 5.42. The summed E-state index contributed by atoms with van der Waals surface area (Å²) in [6.45, 7) is 0.276. The molecule has 1 amide bonds. The molecule has 2 aromatic carbocycles. The van der Waals surface area contributed by atoms with E-state index in [-0.39, 0.29) is 30.2 Å². The lowest BCUT2D eigenvalue weighted by molar-refractivity contribution is -0.137. The number of amides is 1. The fraction of sp³-hybridized carbons (Fsp3) is 0.176. The highest BCUT2D eigenvalue weighted by Gasteiger charge is 2.33. The standard InChI is InChI=1S/C17H14F3N3O/c18-17(19,20)14-10-12(11-21)6-7-15(14)22-8-9-23-16(24)13-4-2-1-3-5-13/h1-7,10,22H,8-9H2,(H,23,24). The van der Waals surface area contributed by atoms with E-state index < -0.39 is 11.7 Å². The van der Waals surface area contributed by atoms with E-state index in [0.717, 1.165) is 6.07 Å².